The van der Waals surface area contributed by atoms with Crippen LogP contribution >= 0.6 is 11.6 Å². The number of aryl methyl sites for hydroxylation is 1. The maximum atomic E-state index is 12.3. The van der Waals surface area contributed by atoms with Gasteiger partial charge in [0.1, 0.15) is 11.5 Å². The van der Waals surface area contributed by atoms with E-state index in [1.807, 2.05) is 13.0 Å². The van der Waals surface area contributed by atoms with Crippen molar-refractivity contribution in [3.05, 3.63) is 46.3 Å². The number of rotatable bonds is 2. The molecule has 1 atom stereocenters. The van der Waals surface area contributed by atoms with E-state index in [2.05, 4.69) is 19.2 Å². The molecule has 21 heavy (non-hydrogen) atoms. The number of halogens is 1. The average Bonchev–Trinajstić information content (AvgIpc) is 2.93. The van der Waals surface area contributed by atoms with Gasteiger partial charge in [-0.2, -0.15) is 0 Å². The predicted molar refractivity (Wildman–Crippen MR) is 79.5 cm³/mol. The minimum Gasteiger partial charge on any atom is -0.466 e. The molecule has 1 amide bonds. The highest BCUT2D eigenvalue weighted by Gasteiger charge is 2.36. The van der Waals surface area contributed by atoms with Crippen LogP contribution in [0.2, 0.25) is 5.22 Å². The van der Waals surface area contributed by atoms with Crippen LogP contribution in [0.4, 0.5) is 0 Å². The van der Waals surface area contributed by atoms with E-state index in [9.17, 15) is 4.79 Å². The first-order valence-corrected chi connectivity index (χ1v) is 7.36. The lowest BCUT2D eigenvalue weighted by molar-refractivity contribution is 0.0917. The fraction of sp³-hybridized carbons (Fsp3) is 0.438. The SMILES string of the molecule is Cc1cc2c(o1)CC(C)(C)CC2NC(=O)c1ccoc1Cl. The van der Waals surface area contributed by atoms with Gasteiger partial charge in [0.15, 0.2) is 0 Å². The Bertz CT molecular complexity index is 684. The smallest absolute Gasteiger partial charge is 0.256 e. The van der Waals surface area contributed by atoms with Gasteiger partial charge in [0, 0.05) is 12.0 Å². The van der Waals surface area contributed by atoms with Crippen LogP contribution in [0, 0.1) is 12.3 Å². The van der Waals surface area contributed by atoms with Crippen molar-refractivity contribution in [2.75, 3.05) is 0 Å². The molecule has 0 saturated carbocycles. The number of hydrogen-bond donors (Lipinski definition) is 1. The van der Waals surface area contributed by atoms with Crippen molar-refractivity contribution >= 4 is 17.5 Å². The van der Waals surface area contributed by atoms with Crippen LogP contribution in [-0.4, -0.2) is 5.91 Å². The first-order valence-electron chi connectivity index (χ1n) is 6.99. The lowest BCUT2D eigenvalue weighted by Crippen LogP contribution is -2.36. The fourth-order valence-corrected chi connectivity index (χ4v) is 3.21. The fourth-order valence-electron chi connectivity index (χ4n) is 3.01. The van der Waals surface area contributed by atoms with Crippen LogP contribution in [0.25, 0.3) is 0 Å². The summed E-state index contributed by atoms with van der Waals surface area (Å²) in [6.45, 7) is 6.28. The Hall–Kier alpha value is -1.68. The average molecular weight is 308 g/mol. The molecule has 3 rings (SSSR count). The molecule has 1 unspecified atom stereocenters. The Morgan fingerprint density at radius 3 is 2.90 bits per heavy atom. The second-order valence-electron chi connectivity index (χ2n) is 6.41. The van der Waals surface area contributed by atoms with Gasteiger partial charge in [-0.15, -0.1) is 0 Å². The molecule has 112 valence electrons. The molecule has 2 aromatic heterocycles. The number of hydrogen-bond acceptors (Lipinski definition) is 3. The Kier molecular flexibility index (Phi) is 3.36. The monoisotopic (exact) mass is 307 g/mol. The molecule has 4 nitrogen and oxygen atoms in total. The zero-order chi connectivity index (χ0) is 15.2. The number of fused-ring (bicyclic) bond motifs is 1. The van der Waals surface area contributed by atoms with Crippen molar-refractivity contribution in [1.82, 2.24) is 5.32 Å². The van der Waals surface area contributed by atoms with Crippen molar-refractivity contribution in [1.29, 1.82) is 0 Å². The molecule has 0 saturated heterocycles. The zero-order valence-electron chi connectivity index (χ0n) is 12.3. The van der Waals surface area contributed by atoms with Gasteiger partial charge in [0.05, 0.1) is 17.9 Å². The molecule has 0 aliphatic heterocycles. The molecule has 1 aliphatic rings. The molecular formula is C16H18ClNO3. The molecule has 1 N–H and O–H groups in total. The quantitative estimate of drug-likeness (QED) is 0.901. The van der Waals surface area contributed by atoms with E-state index < -0.39 is 0 Å². The van der Waals surface area contributed by atoms with Crippen LogP contribution < -0.4 is 5.32 Å². The molecule has 2 heterocycles. The van der Waals surface area contributed by atoms with Gasteiger partial charge in [-0.3, -0.25) is 4.79 Å². The van der Waals surface area contributed by atoms with E-state index in [0.29, 0.717) is 5.56 Å². The third-order valence-electron chi connectivity index (χ3n) is 3.90. The molecule has 0 spiro atoms. The number of carbonyl (C=O) groups excluding carboxylic acids is 1. The number of carbonyl (C=O) groups is 1. The molecular weight excluding hydrogens is 290 g/mol. The van der Waals surface area contributed by atoms with Crippen molar-refractivity contribution < 1.29 is 13.6 Å². The lowest BCUT2D eigenvalue weighted by atomic mass is 9.74. The molecule has 5 heteroatoms. The summed E-state index contributed by atoms with van der Waals surface area (Å²) >= 11 is 5.87. The van der Waals surface area contributed by atoms with Crippen molar-refractivity contribution in [2.45, 2.75) is 39.7 Å². The van der Waals surface area contributed by atoms with Gasteiger partial charge in [0.2, 0.25) is 5.22 Å². The summed E-state index contributed by atoms with van der Waals surface area (Å²) in [6.07, 6.45) is 3.16. The topological polar surface area (TPSA) is 55.4 Å². The largest absolute Gasteiger partial charge is 0.466 e. The molecule has 2 aromatic rings. The number of amides is 1. The lowest BCUT2D eigenvalue weighted by Gasteiger charge is -2.34. The number of nitrogens with one attached hydrogen (secondary N) is 1. The minimum absolute atomic E-state index is 0.0698. The first kappa shape index (κ1) is 14.3. The Labute approximate surface area is 128 Å². The summed E-state index contributed by atoms with van der Waals surface area (Å²) in [6, 6.07) is 3.51. The third kappa shape index (κ3) is 2.72. The van der Waals surface area contributed by atoms with E-state index in [-0.39, 0.29) is 22.6 Å². The predicted octanol–water partition coefficient (Wildman–Crippen LogP) is 4.28. The van der Waals surface area contributed by atoms with Gasteiger partial charge in [-0.25, -0.2) is 0 Å². The second kappa shape index (κ2) is 4.95. The summed E-state index contributed by atoms with van der Waals surface area (Å²) in [5.41, 5.74) is 1.51. The van der Waals surface area contributed by atoms with Crippen LogP contribution in [0.5, 0.6) is 0 Å². The van der Waals surface area contributed by atoms with Gasteiger partial charge in [0.25, 0.3) is 5.91 Å². The van der Waals surface area contributed by atoms with Crippen molar-refractivity contribution in [3.8, 4) is 0 Å². The van der Waals surface area contributed by atoms with Gasteiger partial charge in [-0.05, 0) is 42.5 Å². The normalized spacial score (nSPS) is 20.1. The standard InChI is InChI=1S/C16H18ClNO3/c1-9-6-11-12(7-16(2,3)8-13(11)21-9)18-15(19)10-4-5-20-14(10)17/h4-6,12H,7-8H2,1-3H3,(H,18,19). The van der Waals surface area contributed by atoms with Gasteiger partial charge < -0.3 is 14.2 Å². The van der Waals surface area contributed by atoms with Crippen LogP contribution in [0.1, 0.15) is 53.8 Å². The second-order valence-corrected chi connectivity index (χ2v) is 6.76. The Morgan fingerprint density at radius 2 is 2.24 bits per heavy atom. The highest BCUT2D eigenvalue weighted by Crippen LogP contribution is 2.42. The Balaban J connectivity index is 1.88. The molecule has 0 fully saturated rings. The van der Waals surface area contributed by atoms with Crippen LogP contribution in [-0.2, 0) is 6.42 Å². The van der Waals surface area contributed by atoms with E-state index in [1.54, 1.807) is 6.07 Å². The first-order chi connectivity index (χ1) is 9.85. The van der Waals surface area contributed by atoms with Crippen molar-refractivity contribution in [3.63, 3.8) is 0 Å². The minimum atomic E-state index is -0.221. The number of furan rings is 2. The maximum absolute atomic E-state index is 12.3. The van der Waals surface area contributed by atoms with E-state index in [0.717, 1.165) is 29.9 Å². The zero-order valence-corrected chi connectivity index (χ0v) is 13.1. The molecule has 0 radical (unpaired) electrons. The van der Waals surface area contributed by atoms with E-state index >= 15 is 0 Å². The summed E-state index contributed by atoms with van der Waals surface area (Å²) < 4.78 is 10.7. The molecule has 0 bridgehead atoms. The van der Waals surface area contributed by atoms with E-state index in [1.165, 1.54) is 6.26 Å². The van der Waals surface area contributed by atoms with Gasteiger partial charge >= 0.3 is 0 Å². The summed E-state index contributed by atoms with van der Waals surface area (Å²) in [5.74, 6) is 1.62. The van der Waals surface area contributed by atoms with E-state index in [4.69, 9.17) is 20.4 Å². The highest BCUT2D eigenvalue weighted by atomic mass is 35.5. The maximum Gasteiger partial charge on any atom is 0.256 e. The summed E-state index contributed by atoms with van der Waals surface area (Å²) in [4.78, 5) is 12.3. The third-order valence-corrected chi connectivity index (χ3v) is 4.20. The highest BCUT2D eigenvalue weighted by molar-refractivity contribution is 6.32. The molecule has 0 aromatic carbocycles. The summed E-state index contributed by atoms with van der Waals surface area (Å²) in [5, 5.41) is 3.16. The van der Waals surface area contributed by atoms with Gasteiger partial charge in [-0.1, -0.05) is 13.8 Å². The summed E-state index contributed by atoms with van der Waals surface area (Å²) in [7, 11) is 0. The van der Waals surface area contributed by atoms with Crippen LogP contribution in [0.3, 0.4) is 0 Å². The van der Waals surface area contributed by atoms with Crippen molar-refractivity contribution in [2.24, 2.45) is 5.41 Å². The molecule has 1 aliphatic carbocycles. The van der Waals surface area contributed by atoms with Crippen LogP contribution in [0.15, 0.2) is 27.2 Å². The Morgan fingerprint density at radius 1 is 1.48 bits per heavy atom.